The van der Waals surface area contributed by atoms with E-state index in [1.54, 1.807) is 6.07 Å². The molecular weight excluding hydrogens is 516 g/mol. The fraction of sp³-hybridized carbons (Fsp3) is 0.367. The lowest BCUT2D eigenvalue weighted by Crippen LogP contribution is -2.58. The van der Waals surface area contributed by atoms with Gasteiger partial charge in [0.15, 0.2) is 11.4 Å². The summed E-state index contributed by atoms with van der Waals surface area (Å²) >= 11 is 0. The average Bonchev–Trinajstić information content (AvgIpc) is 2.91. The SMILES string of the molecule is NC(=O)C1=C(O)[C@@]2(O)C(=O)C3=C(O)c4c(O)ccc(-c5cccc(CN6CCOCC6)c5)c4C[C@H]3CC2CC1=O. The summed E-state index contributed by atoms with van der Waals surface area (Å²) in [6.45, 7) is 3.83. The molecule has 0 radical (unpaired) electrons. The minimum Gasteiger partial charge on any atom is -0.508 e. The number of carbonyl (C=O) groups is 3. The quantitative estimate of drug-likeness (QED) is 0.360. The number of morpholine rings is 1. The summed E-state index contributed by atoms with van der Waals surface area (Å²) in [4.78, 5) is 40.4. The number of hydrogen-bond donors (Lipinski definition) is 5. The Morgan fingerprint density at radius 2 is 1.82 bits per heavy atom. The number of hydrogen-bond acceptors (Lipinski definition) is 9. The van der Waals surface area contributed by atoms with E-state index in [-0.39, 0.29) is 36.1 Å². The lowest BCUT2D eigenvalue weighted by Gasteiger charge is -2.46. The Bertz CT molecular complexity index is 1520. The maximum Gasteiger partial charge on any atom is 0.255 e. The van der Waals surface area contributed by atoms with Crippen molar-refractivity contribution < 1.29 is 39.5 Å². The van der Waals surface area contributed by atoms with Crippen molar-refractivity contribution in [2.45, 2.75) is 31.4 Å². The van der Waals surface area contributed by atoms with Crippen LogP contribution in [0, 0.1) is 11.8 Å². The largest absolute Gasteiger partial charge is 0.508 e. The van der Waals surface area contributed by atoms with Gasteiger partial charge < -0.3 is 30.9 Å². The molecule has 2 aromatic carbocycles. The molecule has 6 rings (SSSR count). The van der Waals surface area contributed by atoms with Crippen molar-refractivity contribution in [3.05, 3.63) is 70.0 Å². The third-order valence-electron chi connectivity index (χ3n) is 8.69. The number of phenols is 1. The number of ketones is 2. The lowest BCUT2D eigenvalue weighted by molar-refractivity contribution is -0.147. The van der Waals surface area contributed by atoms with Gasteiger partial charge in [0.2, 0.25) is 5.78 Å². The first-order valence-electron chi connectivity index (χ1n) is 13.3. The monoisotopic (exact) mass is 546 g/mol. The van der Waals surface area contributed by atoms with Crippen LogP contribution in [-0.4, -0.2) is 74.7 Å². The van der Waals surface area contributed by atoms with Crippen LogP contribution in [0.2, 0.25) is 0 Å². The summed E-state index contributed by atoms with van der Waals surface area (Å²) in [5, 5.41) is 44.3. The number of amides is 1. The molecule has 1 unspecified atom stereocenters. The van der Waals surface area contributed by atoms with Crippen LogP contribution in [0.4, 0.5) is 0 Å². The molecule has 10 nitrogen and oxygen atoms in total. The van der Waals surface area contributed by atoms with E-state index in [9.17, 15) is 34.8 Å². The smallest absolute Gasteiger partial charge is 0.255 e. The van der Waals surface area contributed by atoms with Gasteiger partial charge in [0.25, 0.3) is 5.91 Å². The highest BCUT2D eigenvalue weighted by atomic mass is 16.5. The highest BCUT2D eigenvalue weighted by molar-refractivity contribution is 6.22. The van der Waals surface area contributed by atoms with Gasteiger partial charge >= 0.3 is 0 Å². The average molecular weight is 547 g/mol. The first-order chi connectivity index (χ1) is 19.1. The first kappa shape index (κ1) is 26.2. The van der Waals surface area contributed by atoms with Gasteiger partial charge in [0.05, 0.1) is 18.8 Å². The molecule has 0 bridgehead atoms. The molecule has 208 valence electrons. The second kappa shape index (κ2) is 9.58. The Morgan fingerprint density at radius 3 is 2.55 bits per heavy atom. The van der Waals surface area contributed by atoms with Crippen LogP contribution in [0.3, 0.4) is 0 Å². The Morgan fingerprint density at radius 1 is 1.07 bits per heavy atom. The van der Waals surface area contributed by atoms with Crippen molar-refractivity contribution in [1.29, 1.82) is 0 Å². The summed E-state index contributed by atoms with van der Waals surface area (Å²) < 4.78 is 5.44. The number of nitrogens with two attached hydrogens (primary N) is 1. The topological polar surface area (TPSA) is 171 Å². The molecule has 10 heteroatoms. The highest BCUT2D eigenvalue weighted by Gasteiger charge is 2.60. The molecule has 1 saturated heterocycles. The van der Waals surface area contributed by atoms with E-state index in [2.05, 4.69) is 11.0 Å². The zero-order valence-electron chi connectivity index (χ0n) is 21.7. The number of aliphatic hydroxyl groups is 3. The molecule has 2 fully saturated rings. The maximum absolute atomic E-state index is 13.7. The maximum atomic E-state index is 13.7. The number of aliphatic hydroxyl groups excluding tert-OH is 2. The fourth-order valence-electron chi connectivity index (χ4n) is 6.75. The van der Waals surface area contributed by atoms with Gasteiger partial charge in [-0.15, -0.1) is 0 Å². The second-order valence-corrected chi connectivity index (χ2v) is 11.0. The van der Waals surface area contributed by atoms with Crippen LogP contribution in [-0.2, 0) is 32.1 Å². The molecule has 4 aliphatic rings. The summed E-state index contributed by atoms with van der Waals surface area (Å²) in [5.41, 5.74) is 5.23. The number of rotatable bonds is 4. The summed E-state index contributed by atoms with van der Waals surface area (Å²) in [6, 6.07) is 11.2. The van der Waals surface area contributed by atoms with E-state index in [0.717, 1.165) is 36.3 Å². The Hall–Kier alpha value is -3.99. The molecule has 1 amide bonds. The fourth-order valence-corrected chi connectivity index (χ4v) is 6.75. The van der Waals surface area contributed by atoms with Gasteiger partial charge in [-0.3, -0.25) is 19.3 Å². The normalized spacial score (nSPS) is 26.8. The van der Waals surface area contributed by atoms with E-state index in [0.29, 0.717) is 18.8 Å². The van der Waals surface area contributed by atoms with Crippen molar-refractivity contribution in [3.8, 4) is 16.9 Å². The molecule has 3 atom stereocenters. The van der Waals surface area contributed by atoms with E-state index >= 15 is 0 Å². The van der Waals surface area contributed by atoms with Crippen molar-refractivity contribution in [3.63, 3.8) is 0 Å². The van der Waals surface area contributed by atoms with Crippen LogP contribution < -0.4 is 5.73 Å². The van der Waals surface area contributed by atoms with Gasteiger partial charge in [-0.1, -0.05) is 24.3 Å². The number of phenolic OH excluding ortho intramolecular Hbond substituents is 1. The molecule has 3 aliphatic carbocycles. The minimum atomic E-state index is -2.57. The zero-order valence-corrected chi connectivity index (χ0v) is 21.7. The van der Waals surface area contributed by atoms with E-state index in [1.165, 1.54) is 6.07 Å². The highest BCUT2D eigenvalue weighted by Crippen LogP contribution is 2.53. The summed E-state index contributed by atoms with van der Waals surface area (Å²) in [6.07, 6.45) is -0.000644. The van der Waals surface area contributed by atoms with Crippen LogP contribution in [0.25, 0.3) is 16.9 Å². The molecule has 40 heavy (non-hydrogen) atoms. The molecular formula is C30H30N2O8. The Balaban J connectivity index is 1.43. The molecule has 0 aromatic heterocycles. The summed E-state index contributed by atoms with van der Waals surface area (Å²) in [7, 11) is 0. The number of fused-ring (bicyclic) bond motifs is 3. The summed E-state index contributed by atoms with van der Waals surface area (Å²) in [5.74, 6) is -6.37. The van der Waals surface area contributed by atoms with Gasteiger partial charge in [0.1, 0.15) is 22.8 Å². The first-order valence-corrected chi connectivity index (χ1v) is 13.3. The van der Waals surface area contributed by atoms with E-state index < -0.39 is 52.0 Å². The van der Waals surface area contributed by atoms with Crippen molar-refractivity contribution >= 4 is 23.2 Å². The lowest BCUT2D eigenvalue weighted by atomic mass is 9.59. The molecule has 0 spiro atoms. The van der Waals surface area contributed by atoms with Gasteiger partial charge in [-0.05, 0) is 53.1 Å². The van der Waals surface area contributed by atoms with Crippen LogP contribution >= 0.6 is 0 Å². The predicted octanol–water partition coefficient (Wildman–Crippen LogP) is 1.92. The molecule has 2 aromatic rings. The van der Waals surface area contributed by atoms with E-state index in [1.807, 2.05) is 18.2 Å². The van der Waals surface area contributed by atoms with E-state index in [4.69, 9.17) is 10.5 Å². The van der Waals surface area contributed by atoms with Gasteiger partial charge in [0, 0.05) is 37.5 Å². The van der Waals surface area contributed by atoms with Crippen LogP contribution in [0.5, 0.6) is 5.75 Å². The van der Waals surface area contributed by atoms with Gasteiger partial charge in [-0.25, -0.2) is 0 Å². The van der Waals surface area contributed by atoms with Crippen LogP contribution in [0.1, 0.15) is 29.5 Å². The molecule has 1 aliphatic heterocycles. The number of benzene rings is 2. The second-order valence-electron chi connectivity index (χ2n) is 11.0. The molecule has 6 N–H and O–H groups in total. The Kier molecular flexibility index (Phi) is 6.29. The molecule has 1 heterocycles. The third-order valence-corrected chi connectivity index (χ3v) is 8.69. The number of Topliss-reactive ketones (excluding diaryl/α,β-unsaturated/α-hetero) is 2. The number of aromatic hydroxyl groups is 1. The van der Waals surface area contributed by atoms with Crippen molar-refractivity contribution in [2.75, 3.05) is 26.3 Å². The van der Waals surface area contributed by atoms with Crippen molar-refractivity contribution in [1.82, 2.24) is 4.90 Å². The van der Waals surface area contributed by atoms with Crippen LogP contribution in [0.15, 0.2) is 53.3 Å². The number of nitrogens with zero attached hydrogens (tertiary/aromatic N) is 1. The number of ether oxygens (including phenoxy) is 1. The predicted molar refractivity (Wildman–Crippen MR) is 143 cm³/mol. The van der Waals surface area contributed by atoms with Crippen molar-refractivity contribution in [2.24, 2.45) is 17.6 Å². The standard InChI is InChI=1S/C30H30N2O8/c31-29(38)25-22(34)13-18-11-17-12-20-19(16-3-1-2-15(10-16)14-32-6-8-40-9-7-32)4-5-21(33)24(20)26(35)23(17)27(36)30(18,39)28(25)37/h1-5,10,17-18,33,35,37,39H,6-9,11-14H2,(H2,31,38)/t17-,18?,30+/m1/s1. The number of primary amides is 1. The Labute approximate surface area is 230 Å². The number of carbonyl (C=O) groups excluding carboxylic acids is 3. The third kappa shape index (κ3) is 3.94. The molecule has 1 saturated carbocycles. The van der Waals surface area contributed by atoms with Gasteiger partial charge in [-0.2, -0.15) is 0 Å². The zero-order chi connectivity index (χ0) is 28.3. The minimum absolute atomic E-state index is 0.0863.